The Morgan fingerprint density at radius 3 is 2.30 bits per heavy atom. The lowest BCUT2D eigenvalue weighted by Gasteiger charge is -2.20. The van der Waals surface area contributed by atoms with Crippen LogP contribution in [0.5, 0.6) is 0 Å². The number of unbranched alkanes of at least 4 members (excludes halogenated alkanes) is 4. The molecule has 1 aromatic rings. The Kier molecular flexibility index (Phi) is 7.49. The van der Waals surface area contributed by atoms with Gasteiger partial charge in [0.25, 0.3) is 5.91 Å². The third-order valence-corrected chi connectivity index (χ3v) is 3.51. The second kappa shape index (κ2) is 9.11. The van der Waals surface area contributed by atoms with Gasteiger partial charge in [-0.05, 0) is 19.4 Å². The number of nitrogens with zero attached hydrogens (tertiary/aromatic N) is 3. The summed E-state index contributed by atoms with van der Waals surface area (Å²) < 4.78 is 0. The van der Waals surface area contributed by atoms with Gasteiger partial charge < -0.3 is 22.9 Å². The van der Waals surface area contributed by atoms with Gasteiger partial charge in [0.05, 0.1) is 0 Å². The number of aromatic nitrogens is 2. The normalized spacial score (nSPS) is 10.5. The smallest absolute Gasteiger partial charge is 0.283 e. The molecule has 0 saturated carbocycles. The van der Waals surface area contributed by atoms with Crippen molar-refractivity contribution in [2.45, 2.75) is 32.1 Å². The third kappa shape index (κ3) is 5.53. The van der Waals surface area contributed by atoms with Crippen LogP contribution in [0.4, 0.5) is 11.6 Å². The van der Waals surface area contributed by atoms with Crippen molar-refractivity contribution in [1.82, 2.24) is 14.9 Å². The van der Waals surface area contributed by atoms with Crippen LogP contribution >= 0.6 is 11.6 Å². The maximum atomic E-state index is 12.4. The molecule has 0 bridgehead atoms. The molecule has 0 aromatic carbocycles. The van der Waals surface area contributed by atoms with Gasteiger partial charge in [-0.25, -0.2) is 9.97 Å². The van der Waals surface area contributed by atoms with Crippen LogP contribution in [0.2, 0.25) is 5.15 Å². The van der Waals surface area contributed by atoms with Crippen molar-refractivity contribution in [3.8, 4) is 0 Å². The van der Waals surface area contributed by atoms with Crippen LogP contribution in [0.15, 0.2) is 0 Å². The van der Waals surface area contributed by atoms with E-state index in [0.717, 1.165) is 30.6 Å². The van der Waals surface area contributed by atoms with Gasteiger partial charge in [-0.3, -0.25) is 15.1 Å². The van der Waals surface area contributed by atoms with Crippen LogP contribution in [-0.4, -0.2) is 39.8 Å². The zero-order valence-electron chi connectivity index (χ0n) is 12.9. The first kappa shape index (κ1) is 18.9. The Labute approximate surface area is 139 Å². The van der Waals surface area contributed by atoms with Gasteiger partial charge >= 0.3 is 0 Å². The Morgan fingerprint density at radius 2 is 1.70 bits per heavy atom. The van der Waals surface area contributed by atoms with Gasteiger partial charge in [0.2, 0.25) is 0 Å². The maximum Gasteiger partial charge on any atom is 0.283 e. The average Bonchev–Trinajstić information content (AvgIpc) is 2.49. The minimum Gasteiger partial charge on any atom is -0.382 e. The third-order valence-electron chi connectivity index (χ3n) is 3.23. The van der Waals surface area contributed by atoms with Crippen LogP contribution in [-0.2, 0) is 0 Å². The molecule has 9 N–H and O–H groups in total. The number of hydrogen-bond acceptors (Lipinski definition) is 7. The molecular weight excluding hydrogens is 320 g/mol. The summed E-state index contributed by atoms with van der Waals surface area (Å²) in [4.78, 5) is 21.1. The summed E-state index contributed by atoms with van der Waals surface area (Å²) in [5, 5.41) is 7.45. The molecule has 0 atom stereocenters. The van der Waals surface area contributed by atoms with Gasteiger partial charge in [0.15, 0.2) is 28.4 Å². The molecule has 0 aliphatic heterocycles. The molecule has 1 aromatic heterocycles. The molecule has 0 aliphatic rings. The number of carbonyl (C=O) groups excluding carboxylic acids is 1. The number of guanidine groups is 1. The average molecular weight is 343 g/mol. The molecule has 9 nitrogen and oxygen atoms in total. The molecule has 128 valence electrons. The van der Waals surface area contributed by atoms with Crippen molar-refractivity contribution >= 4 is 35.1 Å². The van der Waals surface area contributed by atoms with E-state index < -0.39 is 5.91 Å². The molecule has 1 heterocycles. The number of hydrogen-bond donors (Lipinski definition) is 5. The summed E-state index contributed by atoms with van der Waals surface area (Å²) in [6.07, 6.45) is 4.63. The number of nitrogens with two attached hydrogens (primary N) is 4. The van der Waals surface area contributed by atoms with Crippen molar-refractivity contribution in [2.24, 2.45) is 11.5 Å². The fraction of sp³-hybridized carbons (Fsp3) is 0.538. The molecule has 0 spiro atoms. The van der Waals surface area contributed by atoms with Gasteiger partial charge in [-0.2, -0.15) is 0 Å². The number of rotatable bonds is 8. The minimum atomic E-state index is -0.619. The summed E-state index contributed by atoms with van der Waals surface area (Å²) in [6.45, 7) is 0.966. The summed E-state index contributed by atoms with van der Waals surface area (Å²) in [5.74, 6) is -1.21. The number of anilines is 2. The first-order chi connectivity index (χ1) is 10.9. The summed E-state index contributed by atoms with van der Waals surface area (Å²) in [6, 6.07) is 0. The molecule has 1 rings (SSSR count). The Bertz CT molecular complexity index is 565. The van der Waals surface area contributed by atoms with Crippen molar-refractivity contribution in [1.29, 1.82) is 5.41 Å². The van der Waals surface area contributed by atoms with E-state index in [9.17, 15) is 4.79 Å². The van der Waals surface area contributed by atoms with E-state index in [1.54, 1.807) is 0 Å². The van der Waals surface area contributed by atoms with Crippen molar-refractivity contribution in [2.75, 3.05) is 24.6 Å². The van der Waals surface area contributed by atoms with E-state index in [2.05, 4.69) is 9.97 Å². The van der Waals surface area contributed by atoms with Crippen molar-refractivity contribution in [3.05, 3.63) is 10.8 Å². The van der Waals surface area contributed by atoms with Crippen LogP contribution in [0.25, 0.3) is 0 Å². The summed E-state index contributed by atoms with van der Waals surface area (Å²) in [7, 11) is 0. The highest BCUT2D eigenvalue weighted by Gasteiger charge is 2.23. The zero-order chi connectivity index (χ0) is 17.4. The SMILES string of the molecule is N=C(N)N(CCCCCCCN)C(=O)c1nc(Cl)c(N)nc1N. The molecule has 23 heavy (non-hydrogen) atoms. The zero-order valence-corrected chi connectivity index (χ0v) is 13.6. The number of nitrogen functional groups attached to an aromatic ring is 2. The molecule has 0 unspecified atom stereocenters. The molecule has 0 saturated heterocycles. The second-order valence-electron chi connectivity index (χ2n) is 5.03. The van der Waals surface area contributed by atoms with Crippen LogP contribution in [0, 0.1) is 5.41 Å². The number of carbonyl (C=O) groups is 1. The van der Waals surface area contributed by atoms with E-state index in [0.29, 0.717) is 19.5 Å². The monoisotopic (exact) mass is 342 g/mol. The van der Waals surface area contributed by atoms with Crippen molar-refractivity contribution < 1.29 is 4.79 Å². The standard InChI is InChI=1S/C13H23ClN8O/c14-9-11(17)21-10(16)8(20-9)12(23)22(13(18)19)7-5-3-1-2-4-6-15/h1-7,15H2,(H3,18,19)(H4,16,17,21). The first-order valence-electron chi connectivity index (χ1n) is 7.33. The second-order valence-corrected chi connectivity index (χ2v) is 5.39. The fourth-order valence-corrected chi connectivity index (χ4v) is 2.13. The molecular formula is C13H23ClN8O. The van der Waals surface area contributed by atoms with Gasteiger partial charge in [-0.15, -0.1) is 0 Å². The lowest BCUT2D eigenvalue weighted by molar-refractivity contribution is 0.0838. The Hall–Kier alpha value is -2.13. The summed E-state index contributed by atoms with van der Waals surface area (Å²) >= 11 is 5.77. The number of nitrogens with one attached hydrogen (secondary N) is 1. The van der Waals surface area contributed by atoms with Gasteiger partial charge in [0, 0.05) is 6.54 Å². The van der Waals surface area contributed by atoms with Crippen LogP contribution < -0.4 is 22.9 Å². The van der Waals surface area contributed by atoms with E-state index in [-0.39, 0.29) is 28.4 Å². The molecule has 1 amide bonds. The first-order valence-corrected chi connectivity index (χ1v) is 7.70. The van der Waals surface area contributed by atoms with Crippen LogP contribution in [0.3, 0.4) is 0 Å². The lowest BCUT2D eigenvalue weighted by Crippen LogP contribution is -2.42. The van der Waals surface area contributed by atoms with Crippen molar-refractivity contribution in [3.63, 3.8) is 0 Å². The Morgan fingerprint density at radius 1 is 1.09 bits per heavy atom. The highest BCUT2D eigenvalue weighted by Crippen LogP contribution is 2.19. The van der Waals surface area contributed by atoms with Gasteiger partial charge in [-0.1, -0.05) is 30.9 Å². The van der Waals surface area contributed by atoms with Gasteiger partial charge in [0.1, 0.15) is 0 Å². The minimum absolute atomic E-state index is 0.0602. The molecule has 10 heteroatoms. The van der Waals surface area contributed by atoms with E-state index in [1.807, 2.05) is 0 Å². The Balaban J connectivity index is 2.72. The largest absolute Gasteiger partial charge is 0.382 e. The predicted octanol–water partition coefficient (Wildman–Crippen LogP) is 0.539. The fourth-order valence-electron chi connectivity index (χ4n) is 2.00. The van der Waals surface area contributed by atoms with E-state index in [4.69, 9.17) is 39.9 Å². The number of amides is 1. The highest BCUT2D eigenvalue weighted by molar-refractivity contribution is 6.31. The maximum absolute atomic E-state index is 12.4. The summed E-state index contributed by atoms with van der Waals surface area (Å²) in [5.41, 5.74) is 21.9. The molecule has 0 radical (unpaired) electrons. The van der Waals surface area contributed by atoms with Crippen LogP contribution in [0.1, 0.15) is 42.6 Å². The van der Waals surface area contributed by atoms with E-state index >= 15 is 0 Å². The van der Waals surface area contributed by atoms with E-state index in [1.165, 1.54) is 0 Å². The number of halogens is 1. The lowest BCUT2D eigenvalue weighted by atomic mass is 10.1. The predicted molar refractivity (Wildman–Crippen MR) is 91.0 cm³/mol. The molecule has 0 aliphatic carbocycles. The molecule has 0 fully saturated rings. The topological polar surface area (TPSA) is 174 Å². The quantitative estimate of drug-likeness (QED) is 0.260. The highest BCUT2D eigenvalue weighted by atomic mass is 35.5.